The first-order chi connectivity index (χ1) is 10.8. The first-order valence-electron chi connectivity index (χ1n) is 8.19. The summed E-state index contributed by atoms with van der Waals surface area (Å²) in [6.45, 7) is 4.63. The first kappa shape index (κ1) is 15.0. The van der Waals surface area contributed by atoms with Crippen molar-refractivity contribution in [2.45, 2.75) is 45.2 Å². The van der Waals surface area contributed by atoms with Gasteiger partial charge >= 0.3 is 0 Å². The van der Waals surface area contributed by atoms with Crippen molar-refractivity contribution < 1.29 is 4.79 Å². The number of likely N-dealkylation sites (tertiary alicyclic amines) is 1. The lowest BCUT2D eigenvalue weighted by Gasteiger charge is -2.26. The van der Waals surface area contributed by atoms with E-state index in [1.54, 1.807) is 6.20 Å². The molecular formula is C17H24N4O. The van der Waals surface area contributed by atoms with Crippen LogP contribution in [0.25, 0.3) is 5.52 Å². The number of fused-ring (bicyclic) bond motifs is 1. The number of amides is 1. The van der Waals surface area contributed by atoms with E-state index in [-0.39, 0.29) is 11.9 Å². The Morgan fingerprint density at radius 3 is 2.82 bits per heavy atom. The molecule has 1 aliphatic rings. The molecule has 3 rings (SSSR count). The number of rotatable bonds is 4. The summed E-state index contributed by atoms with van der Waals surface area (Å²) in [7, 11) is 0. The molecule has 5 nitrogen and oxygen atoms in total. The molecule has 1 fully saturated rings. The molecular weight excluding hydrogens is 276 g/mol. The van der Waals surface area contributed by atoms with Gasteiger partial charge in [-0.3, -0.25) is 9.69 Å². The highest BCUT2D eigenvalue weighted by atomic mass is 16.2. The fraction of sp³-hybridized carbons (Fsp3) is 0.529. The van der Waals surface area contributed by atoms with Gasteiger partial charge in [-0.1, -0.05) is 18.9 Å². The molecule has 0 radical (unpaired) electrons. The van der Waals surface area contributed by atoms with Gasteiger partial charge in [0.15, 0.2) is 0 Å². The molecule has 1 aliphatic heterocycles. The molecule has 1 amide bonds. The number of nitrogens with zero attached hydrogens (tertiary/aromatic N) is 3. The Bertz CT molecular complexity index is 628. The van der Waals surface area contributed by atoms with E-state index < -0.39 is 0 Å². The van der Waals surface area contributed by atoms with E-state index in [9.17, 15) is 4.79 Å². The number of hydrogen-bond acceptors (Lipinski definition) is 3. The van der Waals surface area contributed by atoms with Gasteiger partial charge in [-0.15, -0.1) is 0 Å². The topological polar surface area (TPSA) is 49.6 Å². The van der Waals surface area contributed by atoms with E-state index in [1.165, 1.54) is 25.7 Å². The van der Waals surface area contributed by atoms with Crippen LogP contribution in [0.1, 0.15) is 38.2 Å². The highest BCUT2D eigenvalue weighted by molar-refractivity contribution is 5.81. The number of carbonyl (C=O) groups excluding carboxylic acids is 1. The minimum atomic E-state index is -0.0530. The zero-order valence-corrected chi connectivity index (χ0v) is 13.2. The SMILES string of the molecule is CC(C(=O)NCc1cccn2nccc12)N1CCCCCC1. The molecule has 0 aliphatic carbocycles. The summed E-state index contributed by atoms with van der Waals surface area (Å²) in [6.07, 6.45) is 8.67. The van der Waals surface area contributed by atoms with Crippen molar-refractivity contribution in [1.29, 1.82) is 0 Å². The van der Waals surface area contributed by atoms with Gasteiger partial charge in [-0.2, -0.15) is 5.10 Å². The second-order valence-corrected chi connectivity index (χ2v) is 6.04. The van der Waals surface area contributed by atoms with E-state index in [4.69, 9.17) is 0 Å². The summed E-state index contributed by atoms with van der Waals surface area (Å²) >= 11 is 0. The van der Waals surface area contributed by atoms with E-state index in [0.717, 1.165) is 24.2 Å². The van der Waals surface area contributed by atoms with E-state index >= 15 is 0 Å². The van der Waals surface area contributed by atoms with E-state index in [0.29, 0.717) is 6.54 Å². The summed E-state index contributed by atoms with van der Waals surface area (Å²) in [5.74, 6) is 0.114. The van der Waals surface area contributed by atoms with Crippen molar-refractivity contribution in [2.24, 2.45) is 0 Å². The molecule has 0 spiro atoms. The Morgan fingerprint density at radius 1 is 1.27 bits per heavy atom. The Kier molecular flexibility index (Phi) is 4.73. The predicted octanol–water partition coefficient (Wildman–Crippen LogP) is 2.21. The molecule has 3 heterocycles. The van der Waals surface area contributed by atoms with E-state index in [1.807, 2.05) is 35.8 Å². The van der Waals surface area contributed by atoms with Crippen molar-refractivity contribution >= 4 is 11.4 Å². The van der Waals surface area contributed by atoms with Gasteiger partial charge in [0.1, 0.15) is 0 Å². The van der Waals surface area contributed by atoms with Gasteiger partial charge in [-0.25, -0.2) is 4.52 Å². The van der Waals surface area contributed by atoms with Crippen LogP contribution < -0.4 is 5.32 Å². The molecule has 22 heavy (non-hydrogen) atoms. The third-order valence-electron chi connectivity index (χ3n) is 4.54. The Morgan fingerprint density at radius 2 is 2.05 bits per heavy atom. The molecule has 2 aromatic rings. The van der Waals surface area contributed by atoms with Crippen molar-refractivity contribution in [3.8, 4) is 0 Å². The van der Waals surface area contributed by atoms with Crippen molar-refractivity contribution in [3.63, 3.8) is 0 Å². The van der Waals surface area contributed by atoms with Gasteiger partial charge in [-0.05, 0) is 50.6 Å². The highest BCUT2D eigenvalue weighted by Crippen LogP contribution is 2.13. The molecule has 1 N–H and O–H groups in total. The second kappa shape index (κ2) is 6.92. The minimum Gasteiger partial charge on any atom is -0.351 e. The molecule has 0 bridgehead atoms. The number of carbonyl (C=O) groups is 1. The zero-order valence-electron chi connectivity index (χ0n) is 13.2. The first-order valence-corrected chi connectivity index (χ1v) is 8.19. The van der Waals surface area contributed by atoms with Crippen LogP contribution in [0.5, 0.6) is 0 Å². The molecule has 1 unspecified atom stereocenters. The maximum Gasteiger partial charge on any atom is 0.237 e. The Labute approximate surface area is 131 Å². The fourth-order valence-corrected chi connectivity index (χ4v) is 3.14. The lowest BCUT2D eigenvalue weighted by Crippen LogP contribution is -2.45. The quantitative estimate of drug-likeness (QED) is 0.942. The summed E-state index contributed by atoms with van der Waals surface area (Å²) in [5, 5.41) is 7.30. The second-order valence-electron chi connectivity index (χ2n) is 6.04. The van der Waals surface area contributed by atoms with Gasteiger partial charge in [0.05, 0.1) is 11.6 Å². The number of nitrogens with one attached hydrogen (secondary N) is 1. The van der Waals surface area contributed by atoms with Gasteiger partial charge in [0, 0.05) is 18.9 Å². The molecule has 0 saturated carbocycles. The monoisotopic (exact) mass is 300 g/mol. The third kappa shape index (κ3) is 3.30. The average molecular weight is 300 g/mol. The van der Waals surface area contributed by atoms with Gasteiger partial charge in [0.2, 0.25) is 5.91 Å². The zero-order chi connectivity index (χ0) is 15.4. The van der Waals surface area contributed by atoms with Crippen LogP contribution in [-0.2, 0) is 11.3 Å². The normalized spacial score (nSPS) is 18.0. The van der Waals surface area contributed by atoms with Crippen molar-refractivity contribution in [1.82, 2.24) is 19.8 Å². The summed E-state index contributed by atoms with van der Waals surface area (Å²) in [5.41, 5.74) is 2.14. The van der Waals surface area contributed by atoms with Crippen LogP contribution in [0, 0.1) is 0 Å². The molecule has 2 aromatic heterocycles. The van der Waals surface area contributed by atoms with Crippen LogP contribution >= 0.6 is 0 Å². The third-order valence-corrected chi connectivity index (χ3v) is 4.54. The van der Waals surface area contributed by atoms with Crippen molar-refractivity contribution in [2.75, 3.05) is 13.1 Å². The molecule has 5 heteroatoms. The van der Waals surface area contributed by atoms with E-state index in [2.05, 4.69) is 15.3 Å². The Hall–Kier alpha value is -1.88. The van der Waals surface area contributed by atoms with Crippen LogP contribution in [0.2, 0.25) is 0 Å². The summed E-state index contributed by atoms with van der Waals surface area (Å²) < 4.78 is 1.83. The van der Waals surface area contributed by atoms with Gasteiger partial charge < -0.3 is 5.32 Å². The van der Waals surface area contributed by atoms with Crippen LogP contribution in [0.3, 0.4) is 0 Å². The largest absolute Gasteiger partial charge is 0.351 e. The molecule has 0 aromatic carbocycles. The number of aromatic nitrogens is 2. The standard InChI is InChI=1S/C17H24N4O/c1-14(20-10-4-2-3-5-11-20)17(22)18-13-15-7-6-12-21-16(15)8-9-19-21/h6-9,12,14H,2-5,10-11,13H2,1H3,(H,18,22). The van der Waals surface area contributed by atoms with Crippen LogP contribution in [-0.4, -0.2) is 39.6 Å². The molecule has 1 atom stereocenters. The lowest BCUT2D eigenvalue weighted by atomic mass is 10.2. The smallest absolute Gasteiger partial charge is 0.237 e. The predicted molar refractivity (Wildman–Crippen MR) is 86.5 cm³/mol. The van der Waals surface area contributed by atoms with Crippen LogP contribution in [0.4, 0.5) is 0 Å². The minimum absolute atomic E-state index is 0.0530. The van der Waals surface area contributed by atoms with Gasteiger partial charge in [0.25, 0.3) is 0 Å². The summed E-state index contributed by atoms with van der Waals surface area (Å²) in [6, 6.07) is 5.91. The number of pyridine rings is 1. The molecule has 118 valence electrons. The Balaban J connectivity index is 1.60. The maximum absolute atomic E-state index is 12.4. The van der Waals surface area contributed by atoms with Crippen LogP contribution in [0.15, 0.2) is 30.6 Å². The average Bonchev–Trinajstić information content (AvgIpc) is 2.86. The molecule has 1 saturated heterocycles. The maximum atomic E-state index is 12.4. The van der Waals surface area contributed by atoms with Crippen molar-refractivity contribution in [3.05, 3.63) is 36.2 Å². The highest BCUT2D eigenvalue weighted by Gasteiger charge is 2.21. The summed E-state index contributed by atoms with van der Waals surface area (Å²) in [4.78, 5) is 14.7. The number of hydrogen-bond donors (Lipinski definition) is 1. The fourth-order valence-electron chi connectivity index (χ4n) is 3.14. The lowest BCUT2D eigenvalue weighted by molar-refractivity contribution is -0.126.